The van der Waals surface area contributed by atoms with Gasteiger partial charge in [-0.15, -0.1) is 0 Å². The van der Waals surface area contributed by atoms with Gasteiger partial charge in [0.1, 0.15) is 0 Å². The van der Waals surface area contributed by atoms with Crippen LogP contribution >= 0.6 is 0 Å². The summed E-state index contributed by atoms with van der Waals surface area (Å²) in [6, 6.07) is 0. The monoisotopic (exact) mass is 293 g/mol. The molecule has 2 aliphatic carbocycles. The SMILES string of the molecule is NCC1(CC2CCC3(CCCCC3)O2)CCCCCCC1. The third kappa shape index (κ3) is 3.82. The van der Waals surface area contributed by atoms with Gasteiger partial charge in [-0.1, -0.05) is 51.4 Å². The Morgan fingerprint density at radius 3 is 2.00 bits per heavy atom. The summed E-state index contributed by atoms with van der Waals surface area (Å²) in [5.74, 6) is 0. The molecule has 1 heterocycles. The van der Waals surface area contributed by atoms with Gasteiger partial charge in [0.05, 0.1) is 11.7 Å². The summed E-state index contributed by atoms with van der Waals surface area (Å²) >= 11 is 0. The first-order chi connectivity index (χ1) is 10.3. The van der Waals surface area contributed by atoms with E-state index in [2.05, 4.69) is 0 Å². The fraction of sp³-hybridized carbons (Fsp3) is 1.00. The van der Waals surface area contributed by atoms with Gasteiger partial charge in [-0.25, -0.2) is 0 Å². The summed E-state index contributed by atoms with van der Waals surface area (Å²) in [5.41, 5.74) is 6.92. The van der Waals surface area contributed by atoms with Gasteiger partial charge >= 0.3 is 0 Å². The van der Waals surface area contributed by atoms with Crippen molar-refractivity contribution in [3.05, 3.63) is 0 Å². The molecule has 1 atom stereocenters. The highest BCUT2D eigenvalue weighted by atomic mass is 16.5. The van der Waals surface area contributed by atoms with Crippen LogP contribution in [-0.2, 0) is 4.74 Å². The second-order valence-electron chi connectivity index (χ2n) is 8.20. The first-order valence-corrected chi connectivity index (χ1v) is 9.64. The predicted octanol–water partition coefficient (Wildman–Crippen LogP) is 4.95. The van der Waals surface area contributed by atoms with Crippen molar-refractivity contribution in [2.45, 2.75) is 108 Å². The minimum Gasteiger partial charge on any atom is -0.372 e. The molecule has 2 N–H and O–H groups in total. The average Bonchev–Trinajstić information content (AvgIpc) is 2.85. The van der Waals surface area contributed by atoms with Crippen LogP contribution in [0.4, 0.5) is 0 Å². The van der Waals surface area contributed by atoms with Crippen molar-refractivity contribution in [1.29, 1.82) is 0 Å². The van der Waals surface area contributed by atoms with E-state index in [9.17, 15) is 0 Å². The molecule has 3 rings (SSSR count). The lowest BCUT2D eigenvalue weighted by Crippen LogP contribution is -2.37. The zero-order valence-electron chi connectivity index (χ0n) is 13.9. The highest BCUT2D eigenvalue weighted by Gasteiger charge is 2.43. The molecule has 0 amide bonds. The summed E-state index contributed by atoms with van der Waals surface area (Å²) in [6.07, 6.45) is 20.9. The van der Waals surface area contributed by atoms with E-state index in [-0.39, 0.29) is 5.60 Å². The second-order valence-corrected chi connectivity index (χ2v) is 8.20. The van der Waals surface area contributed by atoms with Crippen LogP contribution in [-0.4, -0.2) is 18.2 Å². The minimum absolute atomic E-state index is 0.278. The van der Waals surface area contributed by atoms with E-state index in [4.69, 9.17) is 10.5 Å². The first-order valence-electron chi connectivity index (χ1n) is 9.64. The van der Waals surface area contributed by atoms with Gasteiger partial charge in [0, 0.05) is 0 Å². The van der Waals surface area contributed by atoms with Crippen molar-refractivity contribution < 1.29 is 4.74 Å². The Kier molecular flexibility index (Phi) is 5.27. The molecule has 3 aliphatic rings. The summed E-state index contributed by atoms with van der Waals surface area (Å²) in [6.45, 7) is 0.875. The minimum atomic E-state index is 0.278. The first kappa shape index (κ1) is 15.8. The Hall–Kier alpha value is -0.0800. The van der Waals surface area contributed by atoms with Gasteiger partial charge < -0.3 is 10.5 Å². The Bertz CT molecular complexity index is 314. The van der Waals surface area contributed by atoms with Gasteiger partial charge in [0.15, 0.2) is 0 Å². The molecule has 122 valence electrons. The van der Waals surface area contributed by atoms with Crippen LogP contribution in [0, 0.1) is 5.41 Å². The summed E-state index contributed by atoms with van der Waals surface area (Å²) in [4.78, 5) is 0. The molecule has 2 saturated carbocycles. The van der Waals surface area contributed by atoms with Gasteiger partial charge in [0.2, 0.25) is 0 Å². The molecule has 0 aromatic carbocycles. The molecule has 0 radical (unpaired) electrons. The zero-order chi connectivity index (χ0) is 14.6. The molecule has 2 heteroatoms. The van der Waals surface area contributed by atoms with Crippen molar-refractivity contribution in [3.63, 3.8) is 0 Å². The molecule has 0 aromatic heterocycles. The van der Waals surface area contributed by atoms with E-state index in [1.807, 2.05) is 0 Å². The van der Waals surface area contributed by atoms with Crippen molar-refractivity contribution in [3.8, 4) is 0 Å². The van der Waals surface area contributed by atoms with Crippen molar-refractivity contribution in [1.82, 2.24) is 0 Å². The molecule has 1 aliphatic heterocycles. The molecule has 21 heavy (non-hydrogen) atoms. The number of hydrogen-bond acceptors (Lipinski definition) is 2. The maximum Gasteiger partial charge on any atom is 0.0687 e. The zero-order valence-corrected chi connectivity index (χ0v) is 13.9. The Labute approximate surface area is 131 Å². The molecular weight excluding hydrogens is 258 g/mol. The third-order valence-corrected chi connectivity index (χ3v) is 6.61. The van der Waals surface area contributed by atoms with Gasteiger partial charge in [0.25, 0.3) is 0 Å². The van der Waals surface area contributed by atoms with Gasteiger partial charge in [-0.3, -0.25) is 0 Å². The molecular formula is C19H35NO. The highest BCUT2D eigenvalue weighted by Crippen LogP contribution is 2.46. The summed E-state index contributed by atoms with van der Waals surface area (Å²) in [7, 11) is 0. The number of hydrogen-bond donors (Lipinski definition) is 1. The largest absolute Gasteiger partial charge is 0.372 e. The van der Waals surface area contributed by atoms with E-state index in [1.54, 1.807) is 0 Å². The fourth-order valence-corrected chi connectivity index (χ4v) is 5.23. The normalized spacial score (nSPS) is 32.7. The topological polar surface area (TPSA) is 35.2 Å². The maximum absolute atomic E-state index is 6.64. The van der Waals surface area contributed by atoms with Crippen LogP contribution in [0.25, 0.3) is 0 Å². The van der Waals surface area contributed by atoms with Crippen LogP contribution in [0.3, 0.4) is 0 Å². The average molecular weight is 293 g/mol. The van der Waals surface area contributed by atoms with Crippen LogP contribution in [0.5, 0.6) is 0 Å². The Balaban J connectivity index is 1.58. The Morgan fingerprint density at radius 1 is 0.762 bits per heavy atom. The molecule has 3 fully saturated rings. The van der Waals surface area contributed by atoms with Crippen LogP contribution in [0.1, 0.15) is 96.3 Å². The van der Waals surface area contributed by atoms with Crippen molar-refractivity contribution in [2.24, 2.45) is 11.1 Å². The quantitative estimate of drug-likeness (QED) is 0.799. The van der Waals surface area contributed by atoms with Gasteiger partial charge in [-0.05, 0) is 56.9 Å². The van der Waals surface area contributed by atoms with Crippen molar-refractivity contribution >= 4 is 0 Å². The molecule has 0 bridgehead atoms. The smallest absolute Gasteiger partial charge is 0.0687 e. The standard InChI is InChI=1S/C19H35NO/c20-16-18(10-5-2-1-3-6-11-18)15-17-9-14-19(21-17)12-7-4-8-13-19/h17H,1-16,20H2. The van der Waals surface area contributed by atoms with Crippen LogP contribution in [0.15, 0.2) is 0 Å². The van der Waals surface area contributed by atoms with E-state index in [0.717, 1.165) is 6.54 Å². The molecule has 1 saturated heterocycles. The maximum atomic E-state index is 6.64. The van der Waals surface area contributed by atoms with Crippen LogP contribution < -0.4 is 5.73 Å². The molecule has 1 unspecified atom stereocenters. The Morgan fingerprint density at radius 2 is 1.33 bits per heavy atom. The fourth-order valence-electron chi connectivity index (χ4n) is 5.23. The summed E-state index contributed by atoms with van der Waals surface area (Å²) < 4.78 is 6.64. The molecule has 2 nitrogen and oxygen atoms in total. The number of rotatable bonds is 3. The molecule has 0 aromatic rings. The van der Waals surface area contributed by atoms with Crippen LogP contribution in [0.2, 0.25) is 0 Å². The van der Waals surface area contributed by atoms with E-state index in [1.165, 1.54) is 96.3 Å². The van der Waals surface area contributed by atoms with Gasteiger partial charge in [-0.2, -0.15) is 0 Å². The lowest BCUT2D eigenvalue weighted by atomic mass is 9.72. The predicted molar refractivity (Wildman–Crippen MR) is 88.3 cm³/mol. The highest BCUT2D eigenvalue weighted by molar-refractivity contribution is 4.94. The van der Waals surface area contributed by atoms with E-state index in [0.29, 0.717) is 11.5 Å². The van der Waals surface area contributed by atoms with E-state index < -0.39 is 0 Å². The van der Waals surface area contributed by atoms with Crippen molar-refractivity contribution in [2.75, 3.05) is 6.54 Å². The lowest BCUT2D eigenvalue weighted by Gasteiger charge is -2.38. The summed E-state index contributed by atoms with van der Waals surface area (Å²) in [5, 5.41) is 0. The molecule has 1 spiro atoms. The van der Waals surface area contributed by atoms with E-state index >= 15 is 0 Å². The third-order valence-electron chi connectivity index (χ3n) is 6.61. The lowest BCUT2D eigenvalue weighted by molar-refractivity contribution is -0.0784. The number of ether oxygens (including phenoxy) is 1. The number of nitrogens with two attached hydrogens (primary N) is 1. The second kappa shape index (κ2) is 7.00.